The highest BCUT2D eigenvalue weighted by atomic mass is 16.3. The molecule has 1 heterocycles. The fraction of sp³-hybridized carbons (Fsp3) is 0.667. The van der Waals surface area contributed by atoms with Crippen LogP contribution in [-0.4, -0.2) is 23.2 Å². The molecule has 0 saturated heterocycles. The van der Waals surface area contributed by atoms with Crippen LogP contribution >= 0.6 is 0 Å². The van der Waals surface area contributed by atoms with Gasteiger partial charge in [-0.05, 0) is 37.8 Å². The highest BCUT2D eigenvalue weighted by Gasteiger charge is 2.25. The summed E-state index contributed by atoms with van der Waals surface area (Å²) < 4.78 is 0. The van der Waals surface area contributed by atoms with Gasteiger partial charge in [0, 0.05) is 13.1 Å². The number of pyridine rings is 1. The lowest BCUT2D eigenvalue weighted by molar-refractivity contribution is 0.194. The molecule has 1 N–H and O–H groups in total. The topological polar surface area (TPSA) is 36.4 Å². The van der Waals surface area contributed by atoms with Crippen LogP contribution in [-0.2, 0) is 0 Å². The summed E-state index contributed by atoms with van der Waals surface area (Å²) in [4.78, 5) is 6.68. The number of aromatic nitrogens is 1. The predicted octanol–water partition coefficient (Wildman–Crippen LogP) is 3.15. The maximum atomic E-state index is 9.47. The molecule has 0 amide bonds. The van der Waals surface area contributed by atoms with Gasteiger partial charge in [0.25, 0.3) is 0 Å². The molecule has 100 valence electrons. The summed E-state index contributed by atoms with van der Waals surface area (Å²) in [5, 5.41) is 9.47. The second kappa shape index (κ2) is 5.70. The van der Waals surface area contributed by atoms with Gasteiger partial charge in [-0.25, -0.2) is 0 Å². The zero-order valence-electron chi connectivity index (χ0n) is 11.6. The number of hydrogen-bond donors (Lipinski definition) is 1. The van der Waals surface area contributed by atoms with E-state index in [2.05, 4.69) is 29.9 Å². The second-order valence-corrected chi connectivity index (χ2v) is 5.56. The first-order valence-corrected chi connectivity index (χ1v) is 6.96. The lowest BCUT2D eigenvalue weighted by Crippen LogP contribution is -2.39. The van der Waals surface area contributed by atoms with Crippen molar-refractivity contribution in [1.29, 1.82) is 0 Å². The van der Waals surface area contributed by atoms with Gasteiger partial charge in [0.2, 0.25) is 0 Å². The summed E-state index contributed by atoms with van der Waals surface area (Å²) in [6, 6.07) is 4.61. The van der Waals surface area contributed by atoms with Crippen LogP contribution in [0.25, 0.3) is 0 Å². The molecule has 3 atom stereocenters. The molecule has 2 unspecified atom stereocenters. The Labute approximate surface area is 110 Å². The van der Waals surface area contributed by atoms with Gasteiger partial charge in [0.1, 0.15) is 0 Å². The van der Waals surface area contributed by atoms with E-state index < -0.39 is 6.10 Å². The van der Waals surface area contributed by atoms with Crippen molar-refractivity contribution in [2.45, 2.75) is 51.7 Å². The Bertz CT molecular complexity index is 375. The Hall–Kier alpha value is -1.09. The number of aliphatic hydroxyl groups excluding tert-OH is 1. The van der Waals surface area contributed by atoms with E-state index >= 15 is 0 Å². The molecule has 1 aromatic heterocycles. The number of aliphatic hydroxyl groups is 1. The van der Waals surface area contributed by atoms with Gasteiger partial charge in [-0.1, -0.05) is 19.8 Å². The fourth-order valence-corrected chi connectivity index (χ4v) is 2.92. The predicted molar refractivity (Wildman–Crippen MR) is 74.7 cm³/mol. The third-order valence-corrected chi connectivity index (χ3v) is 4.17. The molecule has 1 aromatic rings. The van der Waals surface area contributed by atoms with Crippen LogP contribution in [0, 0.1) is 5.92 Å². The van der Waals surface area contributed by atoms with E-state index in [9.17, 15) is 5.11 Å². The molecular formula is C15H24N2O. The normalized spacial score (nSPS) is 25.8. The van der Waals surface area contributed by atoms with Gasteiger partial charge in [-0.2, -0.15) is 0 Å². The Morgan fingerprint density at radius 3 is 2.61 bits per heavy atom. The molecule has 3 nitrogen and oxygen atoms in total. The minimum atomic E-state index is -0.488. The van der Waals surface area contributed by atoms with Gasteiger partial charge >= 0.3 is 0 Å². The van der Waals surface area contributed by atoms with Crippen molar-refractivity contribution in [2.75, 3.05) is 11.9 Å². The maximum Gasteiger partial charge on any atom is 0.0931 e. The Morgan fingerprint density at radius 1 is 1.33 bits per heavy atom. The third kappa shape index (κ3) is 2.83. The summed E-state index contributed by atoms with van der Waals surface area (Å²) in [6.07, 6.45) is 6.69. The number of rotatable bonds is 3. The first-order chi connectivity index (χ1) is 8.59. The largest absolute Gasteiger partial charge is 0.387 e. The Morgan fingerprint density at radius 2 is 2.06 bits per heavy atom. The maximum absolute atomic E-state index is 9.47. The van der Waals surface area contributed by atoms with Crippen molar-refractivity contribution in [1.82, 2.24) is 4.98 Å². The molecule has 1 aliphatic rings. The van der Waals surface area contributed by atoms with E-state index in [-0.39, 0.29) is 0 Å². The summed E-state index contributed by atoms with van der Waals surface area (Å²) in [5.74, 6) is 0.750. The fourth-order valence-electron chi connectivity index (χ4n) is 2.92. The average Bonchev–Trinajstić information content (AvgIpc) is 2.38. The molecule has 0 bridgehead atoms. The van der Waals surface area contributed by atoms with Crippen LogP contribution < -0.4 is 4.90 Å². The van der Waals surface area contributed by atoms with E-state index in [1.54, 1.807) is 6.92 Å². The van der Waals surface area contributed by atoms with Crippen molar-refractivity contribution in [3.63, 3.8) is 0 Å². The smallest absolute Gasteiger partial charge is 0.0931 e. The van der Waals surface area contributed by atoms with Gasteiger partial charge in [-0.3, -0.25) is 4.98 Å². The first kappa shape index (κ1) is 13.3. The summed E-state index contributed by atoms with van der Waals surface area (Å²) >= 11 is 0. The van der Waals surface area contributed by atoms with Crippen LogP contribution in [0.5, 0.6) is 0 Å². The Kier molecular flexibility index (Phi) is 4.23. The van der Waals surface area contributed by atoms with Crippen LogP contribution in [0.2, 0.25) is 0 Å². The molecule has 2 rings (SSSR count). The number of nitrogens with zero attached hydrogens (tertiary/aromatic N) is 2. The monoisotopic (exact) mass is 248 g/mol. The van der Waals surface area contributed by atoms with E-state index in [1.165, 1.54) is 25.7 Å². The van der Waals surface area contributed by atoms with Crippen LogP contribution in [0.1, 0.15) is 51.3 Å². The molecule has 1 aliphatic carbocycles. The average molecular weight is 248 g/mol. The molecule has 0 aliphatic heterocycles. The molecule has 0 radical (unpaired) electrons. The van der Waals surface area contributed by atoms with Crippen LogP contribution in [0.15, 0.2) is 18.3 Å². The SMILES string of the molecule is CC1CCCCC1N(C)c1ccc([C@@H](C)O)nc1. The van der Waals surface area contributed by atoms with Gasteiger partial charge < -0.3 is 10.0 Å². The molecule has 3 heteroatoms. The zero-order valence-corrected chi connectivity index (χ0v) is 11.6. The quantitative estimate of drug-likeness (QED) is 0.892. The second-order valence-electron chi connectivity index (χ2n) is 5.56. The minimum absolute atomic E-state index is 0.488. The highest BCUT2D eigenvalue weighted by molar-refractivity contribution is 5.45. The summed E-state index contributed by atoms with van der Waals surface area (Å²) in [6.45, 7) is 4.09. The minimum Gasteiger partial charge on any atom is -0.387 e. The molecule has 1 saturated carbocycles. The molecule has 0 spiro atoms. The summed E-state index contributed by atoms with van der Waals surface area (Å²) in [5.41, 5.74) is 1.89. The van der Waals surface area contributed by atoms with Crippen molar-refractivity contribution in [2.24, 2.45) is 5.92 Å². The van der Waals surface area contributed by atoms with E-state index in [0.29, 0.717) is 6.04 Å². The van der Waals surface area contributed by atoms with Crippen molar-refractivity contribution in [3.8, 4) is 0 Å². The van der Waals surface area contributed by atoms with Crippen molar-refractivity contribution < 1.29 is 5.11 Å². The number of hydrogen-bond acceptors (Lipinski definition) is 3. The lowest BCUT2D eigenvalue weighted by Gasteiger charge is -2.37. The van der Waals surface area contributed by atoms with Crippen LogP contribution in [0.3, 0.4) is 0 Å². The third-order valence-electron chi connectivity index (χ3n) is 4.17. The molecule has 18 heavy (non-hydrogen) atoms. The van der Waals surface area contributed by atoms with Crippen molar-refractivity contribution >= 4 is 5.69 Å². The van der Waals surface area contributed by atoms with Gasteiger partial charge in [-0.15, -0.1) is 0 Å². The molecule has 0 aromatic carbocycles. The lowest BCUT2D eigenvalue weighted by atomic mass is 9.85. The van der Waals surface area contributed by atoms with E-state index in [1.807, 2.05) is 12.3 Å². The molecular weight excluding hydrogens is 224 g/mol. The summed E-state index contributed by atoms with van der Waals surface area (Å²) in [7, 11) is 2.16. The van der Waals surface area contributed by atoms with E-state index in [4.69, 9.17) is 0 Å². The van der Waals surface area contributed by atoms with Gasteiger partial charge in [0.05, 0.1) is 23.7 Å². The van der Waals surface area contributed by atoms with Gasteiger partial charge in [0.15, 0.2) is 0 Å². The molecule has 1 fully saturated rings. The van der Waals surface area contributed by atoms with Crippen LogP contribution in [0.4, 0.5) is 5.69 Å². The number of anilines is 1. The van der Waals surface area contributed by atoms with E-state index in [0.717, 1.165) is 17.3 Å². The highest BCUT2D eigenvalue weighted by Crippen LogP contribution is 2.30. The first-order valence-electron chi connectivity index (χ1n) is 6.96. The Balaban J connectivity index is 2.10. The standard InChI is InChI=1S/C15H24N2O/c1-11-6-4-5-7-15(11)17(3)13-8-9-14(12(2)18)16-10-13/h8-12,15,18H,4-7H2,1-3H3/t11?,12-,15?/m1/s1. The zero-order chi connectivity index (χ0) is 13.1. The van der Waals surface area contributed by atoms with Crippen molar-refractivity contribution in [3.05, 3.63) is 24.0 Å².